The molecule has 0 radical (unpaired) electrons. The molecule has 0 bridgehead atoms. The summed E-state index contributed by atoms with van der Waals surface area (Å²) in [6.45, 7) is 1.31. The van der Waals surface area contributed by atoms with Crippen molar-refractivity contribution in [1.29, 1.82) is 0 Å². The van der Waals surface area contributed by atoms with Gasteiger partial charge in [-0.1, -0.05) is 54.6 Å². The quantitative estimate of drug-likeness (QED) is 0.398. The van der Waals surface area contributed by atoms with E-state index < -0.39 is 0 Å². The van der Waals surface area contributed by atoms with Gasteiger partial charge >= 0.3 is 0 Å². The standard InChI is InChI=1S/C28H27N3O4/c1-30(17-21-19-34-25-14-8-9-15-26(25)35-21)28(32)23-18-31(16-20-10-4-3-5-11-20)29-27(23)22-12-6-7-13-24(22)33-2/h3-15,18,21H,16-17,19H2,1-2H3/t21-/m0/s1. The Balaban J connectivity index is 1.42. The molecule has 0 spiro atoms. The third kappa shape index (κ3) is 4.84. The van der Waals surface area contributed by atoms with Crippen LogP contribution in [0.5, 0.6) is 17.2 Å². The van der Waals surface area contributed by atoms with Crippen LogP contribution in [-0.2, 0) is 6.54 Å². The van der Waals surface area contributed by atoms with E-state index in [0.29, 0.717) is 42.5 Å². The Hall–Kier alpha value is -4.26. The summed E-state index contributed by atoms with van der Waals surface area (Å²) < 4.78 is 19.3. The summed E-state index contributed by atoms with van der Waals surface area (Å²) in [6, 6.07) is 25.2. The predicted octanol–water partition coefficient (Wildman–Crippen LogP) is 4.52. The van der Waals surface area contributed by atoms with Crippen molar-refractivity contribution in [2.75, 3.05) is 27.3 Å². The lowest BCUT2D eigenvalue weighted by Gasteiger charge is -2.29. The lowest BCUT2D eigenvalue weighted by Crippen LogP contribution is -2.41. The highest BCUT2D eigenvalue weighted by Crippen LogP contribution is 2.33. The van der Waals surface area contributed by atoms with Crippen molar-refractivity contribution >= 4 is 5.91 Å². The molecule has 0 saturated heterocycles. The number of nitrogens with zero attached hydrogens (tertiary/aromatic N) is 3. The number of amides is 1. The zero-order chi connectivity index (χ0) is 24.2. The van der Waals surface area contributed by atoms with Gasteiger partial charge in [0.15, 0.2) is 17.6 Å². The van der Waals surface area contributed by atoms with Crippen molar-refractivity contribution in [3.63, 3.8) is 0 Å². The van der Waals surface area contributed by atoms with Crippen molar-refractivity contribution in [2.45, 2.75) is 12.6 Å². The van der Waals surface area contributed by atoms with Gasteiger partial charge in [0.1, 0.15) is 18.1 Å². The van der Waals surface area contributed by atoms with Gasteiger partial charge in [-0.2, -0.15) is 5.10 Å². The maximum atomic E-state index is 13.7. The second-order valence-corrected chi connectivity index (χ2v) is 8.46. The Morgan fingerprint density at radius 3 is 2.54 bits per heavy atom. The van der Waals surface area contributed by atoms with Gasteiger partial charge in [-0.15, -0.1) is 0 Å². The van der Waals surface area contributed by atoms with Crippen LogP contribution in [0.1, 0.15) is 15.9 Å². The lowest BCUT2D eigenvalue weighted by molar-refractivity contribution is 0.0521. The molecule has 1 amide bonds. The molecule has 2 heterocycles. The van der Waals surface area contributed by atoms with E-state index in [0.717, 1.165) is 16.9 Å². The summed E-state index contributed by atoms with van der Waals surface area (Å²) in [5.41, 5.74) is 2.96. The molecule has 3 aromatic carbocycles. The van der Waals surface area contributed by atoms with E-state index in [-0.39, 0.29) is 12.0 Å². The highest BCUT2D eigenvalue weighted by atomic mass is 16.6. The van der Waals surface area contributed by atoms with Gasteiger partial charge in [0.05, 0.1) is 25.8 Å². The van der Waals surface area contributed by atoms with Crippen LogP contribution in [0.2, 0.25) is 0 Å². The van der Waals surface area contributed by atoms with Crippen LogP contribution < -0.4 is 14.2 Å². The maximum Gasteiger partial charge on any atom is 0.257 e. The second-order valence-electron chi connectivity index (χ2n) is 8.46. The molecule has 1 atom stereocenters. The minimum absolute atomic E-state index is 0.146. The molecular weight excluding hydrogens is 442 g/mol. The first kappa shape index (κ1) is 22.5. The zero-order valence-electron chi connectivity index (χ0n) is 19.8. The highest BCUT2D eigenvalue weighted by molar-refractivity contribution is 6.00. The summed E-state index contributed by atoms with van der Waals surface area (Å²) in [5.74, 6) is 1.93. The van der Waals surface area contributed by atoms with Gasteiger partial charge in [0, 0.05) is 18.8 Å². The van der Waals surface area contributed by atoms with E-state index in [2.05, 4.69) is 0 Å². The number of fused-ring (bicyclic) bond motifs is 1. The Labute approximate surface area is 204 Å². The number of carbonyl (C=O) groups excluding carboxylic acids is 1. The van der Waals surface area contributed by atoms with Crippen LogP contribution in [0.15, 0.2) is 85.1 Å². The molecule has 0 aliphatic carbocycles. The molecule has 0 unspecified atom stereocenters. The van der Waals surface area contributed by atoms with Crippen molar-refractivity contribution < 1.29 is 19.0 Å². The van der Waals surface area contributed by atoms with Crippen LogP contribution in [0.3, 0.4) is 0 Å². The molecule has 7 heteroatoms. The number of aromatic nitrogens is 2. The monoisotopic (exact) mass is 469 g/mol. The predicted molar refractivity (Wildman–Crippen MR) is 133 cm³/mol. The number of carbonyl (C=O) groups is 1. The minimum Gasteiger partial charge on any atom is -0.496 e. The number of para-hydroxylation sites is 3. The van der Waals surface area contributed by atoms with E-state index in [1.54, 1.807) is 29.9 Å². The number of hydrogen-bond acceptors (Lipinski definition) is 5. The van der Waals surface area contributed by atoms with Gasteiger partial charge < -0.3 is 19.1 Å². The highest BCUT2D eigenvalue weighted by Gasteiger charge is 2.27. The third-order valence-corrected chi connectivity index (χ3v) is 5.93. The van der Waals surface area contributed by atoms with E-state index >= 15 is 0 Å². The Morgan fingerprint density at radius 2 is 1.74 bits per heavy atom. The number of benzene rings is 3. The largest absolute Gasteiger partial charge is 0.496 e. The molecule has 0 N–H and O–H groups in total. The molecule has 1 aliphatic heterocycles. The minimum atomic E-state index is -0.270. The fourth-order valence-electron chi connectivity index (χ4n) is 4.22. The topological polar surface area (TPSA) is 65.8 Å². The van der Waals surface area contributed by atoms with Gasteiger partial charge in [0.25, 0.3) is 5.91 Å². The van der Waals surface area contributed by atoms with Crippen LogP contribution in [0, 0.1) is 0 Å². The zero-order valence-corrected chi connectivity index (χ0v) is 19.8. The number of hydrogen-bond donors (Lipinski definition) is 0. The third-order valence-electron chi connectivity index (χ3n) is 5.93. The molecule has 4 aromatic rings. The molecule has 35 heavy (non-hydrogen) atoms. The smallest absolute Gasteiger partial charge is 0.257 e. The van der Waals surface area contributed by atoms with Gasteiger partial charge in [0.2, 0.25) is 0 Å². The number of methoxy groups -OCH3 is 1. The van der Waals surface area contributed by atoms with Gasteiger partial charge in [-0.05, 0) is 29.8 Å². The van der Waals surface area contributed by atoms with Gasteiger partial charge in [-0.25, -0.2) is 0 Å². The van der Waals surface area contributed by atoms with Crippen LogP contribution >= 0.6 is 0 Å². The number of rotatable bonds is 7. The first-order chi connectivity index (χ1) is 17.1. The van der Waals surface area contributed by atoms with E-state index in [1.807, 2.05) is 78.9 Å². The summed E-state index contributed by atoms with van der Waals surface area (Å²) in [7, 11) is 3.39. The fourth-order valence-corrected chi connectivity index (χ4v) is 4.22. The fraction of sp³-hybridized carbons (Fsp3) is 0.214. The van der Waals surface area contributed by atoms with E-state index in [9.17, 15) is 4.79 Å². The molecule has 1 aromatic heterocycles. The number of ether oxygens (including phenoxy) is 3. The maximum absolute atomic E-state index is 13.7. The Morgan fingerprint density at radius 1 is 1.03 bits per heavy atom. The van der Waals surface area contributed by atoms with Crippen molar-refractivity contribution in [3.8, 4) is 28.5 Å². The van der Waals surface area contributed by atoms with E-state index in [1.165, 1.54) is 0 Å². The average molecular weight is 470 g/mol. The molecule has 7 nitrogen and oxygen atoms in total. The summed E-state index contributed by atoms with van der Waals surface area (Å²) >= 11 is 0. The average Bonchev–Trinajstić information content (AvgIpc) is 3.32. The molecule has 0 fully saturated rings. The lowest BCUT2D eigenvalue weighted by atomic mass is 10.1. The van der Waals surface area contributed by atoms with Crippen molar-refractivity contribution in [1.82, 2.24) is 14.7 Å². The van der Waals surface area contributed by atoms with E-state index in [4.69, 9.17) is 19.3 Å². The van der Waals surface area contributed by atoms with Crippen molar-refractivity contribution in [3.05, 3.63) is 96.2 Å². The second kappa shape index (κ2) is 9.93. The molecular formula is C28H27N3O4. The summed E-state index contributed by atoms with van der Waals surface area (Å²) in [5, 5.41) is 4.80. The summed E-state index contributed by atoms with van der Waals surface area (Å²) in [6.07, 6.45) is 1.54. The Kier molecular flexibility index (Phi) is 6.39. The van der Waals surface area contributed by atoms with Crippen LogP contribution in [-0.4, -0.2) is 54.0 Å². The molecule has 5 rings (SSSR count). The molecule has 0 saturated carbocycles. The Bertz CT molecular complexity index is 1320. The van der Waals surface area contributed by atoms with Crippen molar-refractivity contribution in [2.24, 2.45) is 0 Å². The SMILES string of the molecule is COc1ccccc1-c1nn(Cc2ccccc2)cc1C(=O)N(C)C[C@H]1COc2ccccc2O1. The van der Waals surface area contributed by atoms with Crippen LogP contribution in [0.25, 0.3) is 11.3 Å². The van der Waals surface area contributed by atoms with Crippen LogP contribution in [0.4, 0.5) is 0 Å². The first-order valence-corrected chi connectivity index (χ1v) is 11.5. The first-order valence-electron chi connectivity index (χ1n) is 11.5. The molecule has 178 valence electrons. The number of likely N-dealkylation sites (N-methyl/N-ethyl adjacent to an activating group) is 1. The van der Waals surface area contributed by atoms with Gasteiger partial charge in [-0.3, -0.25) is 9.48 Å². The molecule has 1 aliphatic rings. The summed E-state index contributed by atoms with van der Waals surface area (Å²) in [4.78, 5) is 15.3. The normalized spacial score (nSPS) is 14.4.